The summed E-state index contributed by atoms with van der Waals surface area (Å²) in [5.41, 5.74) is 9.02. The van der Waals surface area contributed by atoms with Crippen LogP contribution in [0.15, 0.2) is 41.3 Å². The lowest BCUT2D eigenvalue weighted by Gasteiger charge is -2.10. The first-order valence-electron chi connectivity index (χ1n) is 9.11. The lowest BCUT2D eigenvalue weighted by atomic mass is 10.1. The molecule has 2 aromatic rings. The molecular formula is C19H25N5O2S. The van der Waals surface area contributed by atoms with E-state index in [4.69, 9.17) is 10.9 Å². The molecule has 0 spiro atoms. The Morgan fingerprint density at radius 3 is 2.59 bits per heavy atom. The van der Waals surface area contributed by atoms with Crippen LogP contribution < -0.4 is 16.2 Å². The van der Waals surface area contributed by atoms with Crippen molar-refractivity contribution in [1.82, 2.24) is 9.97 Å². The van der Waals surface area contributed by atoms with Gasteiger partial charge in [-0.25, -0.2) is 18.5 Å². The van der Waals surface area contributed by atoms with Crippen molar-refractivity contribution in [2.45, 2.75) is 43.4 Å². The van der Waals surface area contributed by atoms with Crippen LogP contribution in [0.4, 0.5) is 11.8 Å². The second-order valence-electron chi connectivity index (χ2n) is 6.69. The summed E-state index contributed by atoms with van der Waals surface area (Å²) < 4.78 is 22.6. The van der Waals surface area contributed by atoms with Crippen LogP contribution in [0.2, 0.25) is 0 Å². The fraction of sp³-hybridized carbons (Fsp3) is 0.368. The van der Waals surface area contributed by atoms with Crippen molar-refractivity contribution in [2.24, 2.45) is 5.14 Å². The van der Waals surface area contributed by atoms with Gasteiger partial charge in [-0.3, -0.25) is 0 Å². The third-order valence-corrected chi connectivity index (χ3v) is 5.51. The Morgan fingerprint density at radius 1 is 1.07 bits per heavy atom. The number of anilines is 2. The predicted molar refractivity (Wildman–Crippen MR) is 108 cm³/mol. The fourth-order valence-corrected chi connectivity index (χ4v) is 3.66. The summed E-state index contributed by atoms with van der Waals surface area (Å²) in [7, 11) is -3.66. The van der Waals surface area contributed by atoms with Crippen LogP contribution in [-0.4, -0.2) is 24.9 Å². The highest BCUT2D eigenvalue weighted by molar-refractivity contribution is 7.89. The second-order valence-corrected chi connectivity index (χ2v) is 8.25. The number of sulfonamides is 1. The molecule has 0 atom stereocenters. The van der Waals surface area contributed by atoms with Gasteiger partial charge in [0.15, 0.2) is 0 Å². The Bertz CT molecular complexity index is 924. The molecule has 5 N–H and O–H groups in total. The van der Waals surface area contributed by atoms with Crippen molar-refractivity contribution in [3.63, 3.8) is 0 Å². The maximum Gasteiger partial charge on any atom is 0.238 e. The van der Waals surface area contributed by atoms with Crippen LogP contribution in [0, 0.1) is 0 Å². The third-order valence-electron chi connectivity index (χ3n) is 4.59. The van der Waals surface area contributed by atoms with Gasteiger partial charge in [0.1, 0.15) is 5.82 Å². The van der Waals surface area contributed by atoms with Crippen LogP contribution in [0.3, 0.4) is 0 Å². The molecule has 27 heavy (non-hydrogen) atoms. The zero-order valence-corrected chi connectivity index (χ0v) is 16.0. The number of hydrogen-bond donors (Lipinski definition) is 3. The number of hydrogen-bond acceptors (Lipinski definition) is 6. The summed E-state index contributed by atoms with van der Waals surface area (Å²) in [5.74, 6) is 0.960. The van der Waals surface area contributed by atoms with Crippen molar-refractivity contribution in [1.29, 1.82) is 0 Å². The highest BCUT2D eigenvalue weighted by Crippen LogP contribution is 2.26. The summed E-state index contributed by atoms with van der Waals surface area (Å²) in [4.78, 5) is 8.76. The van der Waals surface area contributed by atoms with Crippen LogP contribution in [0.5, 0.6) is 0 Å². The summed E-state index contributed by atoms with van der Waals surface area (Å²) in [6.45, 7) is 0.643. The van der Waals surface area contributed by atoms with E-state index in [1.807, 2.05) is 6.07 Å². The molecule has 0 unspecified atom stereocenters. The molecule has 1 heterocycles. The number of benzene rings is 1. The summed E-state index contributed by atoms with van der Waals surface area (Å²) in [6.07, 6.45) is 8.71. The molecule has 0 amide bonds. The van der Waals surface area contributed by atoms with E-state index in [0.29, 0.717) is 18.8 Å². The molecule has 3 rings (SSSR count). The molecule has 144 valence electrons. The molecule has 8 heteroatoms. The average molecular weight is 388 g/mol. The van der Waals surface area contributed by atoms with E-state index >= 15 is 0 Å². The number of rotatable bonds is 6. The van der Waals surface area contributed by atoms with Gasteiger partial charge in [-0.2, -0.15) is 4.98 Å². The number of nitrogens with zero attached hydrogens (tertiary/aromatic N) is 2. The molecule has 0 saturated carbocycles. The topological polar surface area (TPSA) is 124 Å². The lowest BCUT2D eigenvalue weighted by molar-refractivity contribution is 0.598. The van der Waals surface area contributed by atoms with Crippen molar-refractivity contribution in [2.75, 3.05) is 17.6 Å². The Kier molecular flexibility index (Phi) is 6.08. The highest BCUT2D eigenvalue weighted by Gasteiger charge is 2.10. The largest absolute Gasteiger partial charge is 0.370 e. The van der Waals surface area contributed by atoms with Gasteiger partial charge in [0.2, 0.25) is 16.0 Å². The molecule has 1 aromatic heterocycles. The Morgan fingerprint density at radius 2 is 1.85 bits per heavy atom. The van der Waals surface area contributed by atoms with Crippen LogP contribution in [-0.2, 0) is 16.4 Å². The first-order chi connectivity index (χ1) is 12.9. The van der Waals surface area contributed by atoms with E-state index in [2.05, 4.69) is 21.4 Å². The standard InChI is InChI=1S/C19H25N5O2S/c20-19-23-17(15-5-3-1-2-4-6-15)13-18(24-19)22-12-11-14-7-9-16(10-8-14)27(21,25)26/h5,7-10,13H,1-4,6,11-12H2,(H2,21,25,26)(H3,20,22,23,24). The Balaban J connectivity index is 1.63. The van der Waals surface area contributed by atoms with Gasteiger partial charge in [0.25, 0.3) is 0 Å². The fourth-order valence-electron chi connectivity index (χ4n) is 3.15. The predicted octanol–water partition coefficient (Wildman–Crippen LogP) is 2.71. The Labute approximate surface area is 160 Å². The van der Waals surface area contributed by atoms with Crippen molar-refractivity contribution in [3.8, 4) is 0 Å². The van der Waals surface area contributed by atoms with E-state index in [-0.39, 0.29) is 10.8 Å². The van der Waals surface area contributed by atoms with Gasteiger partial charge >= 0.3 is 0 Å². The van der Waals surface area contributed by atoms with Gasteiger partial charge in [-0.1, -0.05) is 24.6 Å². The summed E-state index contributed by atoms with van der Waals surface area (Å²) in [6, 6.07) is 8.50. The van der Waals surface area contributed by atoms with Crippen LogP contribution >= 0.6 is 0 Å². The average Bonchev–Trinajstić information content (AvgIpc) is 2.90. The zero-order chi connectivity index (χ0) is 19.3. The van der Waals surface area contributed by atoms with Crippen molar-refractivity contribution in [3.05, 3.63) is 47.7 Å². The maximum absolute atomic E-state index is 11.3. The van der Waals surface area contributed by atoms with E-state index in [1.54, 1.807) is 12.1 Å². The van der Waals surface area contributed by atoms with Crippen LogP contribution in [0.25, 0.3) is 5.57 Å². The Hall–Kier alpha value is -2.45. The summed E-state index contributed by atoms with van der Waals surface area (Å²) >= 11 is 0. The molecule has 0 aliphatic heterocycles. The quantitative estimate of drug-likeness (QED) is 0.700. The summed E-state index contributed by atoms with van der Waals surface area (Å²) in [5, 5.41) is 8.38. The molecule has 0 radical (unpaired) electrons. The minimum absolute atomic E-state index is 0.115. The second kappa shape index (κ2) is 8.49. The number of nitrogens with two attached hydrogens (primary N) is 2. The van der Waals surface area contributed by atoms with Crippen molar-refractivity contribution < 1.29 is 8.42 Å². The number of primary sulfonamides is 1. The number of nitrogen functional groups attached to an aromatic ring is 1. The number of aromatic nitrogens is 2. The smallest absolute Gasteiger partial charge is 0.238 e. The molecule has 0 bridgehead atoms. The third kappa shape index (κ3) is 5.51. The monoisotopic (exact) mass is 387 g/mol. The molecule has 1 aliphatic rings. The normalized spacial score (nSPS) is 15.1. The highest BCUT2D eigenvalue weighted by atomic mass is 32.2. The molecular weight excluding hydrogens is 362 g/mol. The number of nitrogens with one attached hydrogen (secondary N) is 1. The minimum atomic E-state index is -3.66. The molecule has 0 saturated heterocycles. The zero-order valence-electron chi connectivity index (χ0n) is 15.2. The minimum Gasteiger partial charge on any atom is -0.370 e. The van der Waals surface area contributed by atoms with Crippen LogP contribution in [0.1, 0.15) is 43.4 Å². The van der Waals surface area contributed by atoms with Gasteiger partial charge in [0.05, 0.1) is 10.6 Å². The van der Waals surface area contributed by atoms with Gasteiger partial charge < -0.3 is 11.1 Å². The first-order valence-corrected chi connectivity index (χ1v) is 10.7. The van der Waals surface area contributed by atoms with E-state index < -0.39 is 10.0 Å². The van der Waals surface area contributed by atoms with E-state index in [0.717, 1.165) is 24.1 Å². The van der Waals surface area contributed by atoms with E-state index in [9.17, 15) is 8.42 Å². The van der Waals surface area contributed by atoms with E-state index in [1.165, 1.54) is 37.0 Å². The molecule has 1 aromatic carbocycles. The molecule has 1 aliphatic carbocycles. The van der Waals surface area contributed by atoms with Gasteiger partial charge in [-0.15, -0.1) is 0 Å². The van der Waals surface area contributed by atoms with Gasteiger partial charge in [0, 0.05) is 12.6 Å². The molecule has 7 nitrogen and oxygen atoms in total. The first kappa shape index (κ1) is 19.3. The SMILES string of the molecule is Nc1nc(NCCc2ccc(S(N)(=O)=O)cc2)cc(C2=CCCCCC2)n1. The molecule has 0 fully saturated rings. The number of allylic oxidation sites excluding steroid dienone is 2. The van der Waals surface area contributed by atoms with Gasteiger partial charge in [-0.05, 0) is 55.4 Å². The maximum atomic E-state index is 11.3. The lowest BCUT2D eigenvalue weighted by Crippen LogP contribution is -2.12. The van der Waals surface area contributed by atoms with Crippen molar-refractivity contribution >= 4 is 27.4 Å².